The molecule has 0 radical (unpaired) electrons. The number of nitrogens with one attached hydrogen (secondary N) is 7. The van der Waals surface area contributed by atoms with Gasteiger partial charge in [-0.1, -0.05) is 13.8 Å². The van der Waals surface area contributed by atoms with Crippen molar-refractivity contribution in [3.8, 4) is 0 Å². The van der Waals surface area contributed by atoms with Crippen LogP contribution in [0.25, 0.3) is 0 Å². The molecule has 0 fully saturated rings. The van der Waals surface area contributed by atoms with Crippen LogP contribution in [0.5, 0.6) is 0 Å². The molecule has 2 aromatic rings. The molecular weight excluding hydrogens is 652 g/mol. The Hall–Kier alpha value is -5.70. The molecule has 49 heavy (non-hydrogen) atoms. The third-order valence-electron chi connectivity index (χ3n) is 6.72. The fourth-order valence-electron chi connectivity index (χ4n) is 4.45. The van der Waals surface area contributed by atoms with Gasteiger partial charge in [0.15, 0.2) is 17.2 Å². The number of carbonyl (C=O) groups is 8. The Bertz CT molecular complexity index is 1540. The number of nitrogens with two attached hydrogens (primary N) is 1. The molecule has 0 bridgehead atoms. The normalized spacial score (nSPS) is 13.4. The SMILES string of the molecule is CC(C)C[C@@H](CN)NC(=O)c1nc[nH]c1C(=O)N[C@@H](CC(=O)O)C(=O)CNC[C@H](C)NC(=O)c1nc[nH]c1C(=O)N[C@@H](CC(=O)O)C(=O)O. The number of hydrogen-bond donors (Lipinski definition) is 11. The van der Waals surface area contributed by atoms with Crippen LogP contribution in [0.3, 0.4) is 0 Å². The molecule has 2 heterocycles. The van der Waals surface area contributed by atoms with E-state index in [2.05, 4.69) is 41.2 Å². The molecule has 12 N–H and O–H groups in total. The molecular formula is C28H40N10O11. The molecule has 0 saturated heterocycles. The van der Waals surface area contributed by atoms with Crippen molar-refractivity contribution in [2.75, 3.05) is 19.6 Å². The van der Waals surface area contributed by atoms with E-state index in [4.69, 9.17) is 15.9 Å². The van der Waals surface area contributed by atoms with E-state index in [-0.39, 0.29) is 36.4 Å². The molecule has 4 atom stereocenters. The van der Waals surface area contributed by atoms with Gasteiger partial charge in [-0.05, 0) is 19.3 Å². The molecule has 4 amide bonds. The van der Waals surface area contributed by atoms with Crippen molar-refractivity contribution >= 4 is 47.3 Å². The lowest BCUT2D eigenvalue weighted by atomic mass is 10.0. The first-order valence-corrected chi connectivity index (χ1v) is 14.9. The second kappa shape index (κ2) is 18.6. The molecule has 268 valence electrons. The molecule has 0 aromatic carbocycles. The van der Waals surface area contributed by atoms with Crippen LogP contribution in [0.1, 0.15) is 82.0 Å². The van der Waals surface area contributed by atoms with E-state index >= 15 is 0 Å². The average molecular weight is 693 g/mol. The van der Waals surface area contributed by atoms with Gasteiger partial charge < -0.3 is 57.6 Å². The maximum Gasteiger partial charge on any atom is 0.326 e. The average Bonchev–Trinajstić information content (AvgIpc) is 3.70. The lowest BCUT2D eigenvalue weighted by Gasteiger charge is -2.19. The highest BCUT2D eigenvalue weighted by Crippen LogP contribution is 2.09. The number of carbonyl (C=O) groups excluding carboxylic acids is 5. The van der Waals surface area contributed by atoms with E-state index in [9.17, 15) is 43.5 Å². The number of H-pyrrole nitrogens is 2. The number of Topliss-reactive ketones (excluding diaryl/α,β-unsaturated/α-hetero) is 1. The molecule has 0 aliphatic carbocycles. The summed E-state index contributed by atoms with van der Waals surface area (Å²) in [7, 11) is 0. The highest BCUT2D eigenvalue weighted by molar-refractivity contribution is 6.07. The number of imidazole rings is 2. The maximum atomic E-state index is 13.0. The summed E-state index contributed by atoms with van der Waals surface area (Å²) < 4.78 is 0. The summed E-state index contributed by atoms with van der Waals surface area (Å²) in [6.07, 6.45) is 0.976. The van der Waals surface area contributed by atoms with Crippen LogP contribution in [0.4, 0.5) is 0 Å². The van der Waals surface area contributed by atoms with Crippen LogP contribution in [-0.4, -0.2) is 126 Å². The molecule has 0 aliphatic heterocycles. The second-order valence-corrected chi connectivity index (χ2v) is 11.3. The second-order valence-electron chi connectivity index (χ2n) is 11.3. The number of nitrogens with zero attached hydrogens (tertiary/aromatic N) is 2. The minimum atomic E-state index is -1.77. The summed E-state index contributed by atoms with van der Waals surface area (Å²) in [5.41, 5.74) is 4.31. The molecule has 0 unspecified atom stereocenters. The Balaban J connectivity index is 1.99. The maximum absolute atomic E-state index is 13.0. The van der Waals surface area contributed by atoms with Gasteiger partial charge in [-0.15, -0.1) is 0 Å². The summed E-state index contributed by atoms with van der Waals surface area (Å²) in [4.78, 5) is 110. The quantitative estimate of drug-likeness (QED) is 0.0641. The minimum absolute atomic E-state index is 0.0551. The third kappa shape index (κ3) is 12.4. The lowest BCUT2D eigenvalue weighted by Crippen LogP contribution is -2.48. The zero-order chi connectivity index (χ0) is 36.8. The van der Waals surface area contributed by atoms with Crippen molar-refractivity contribution in [3.05, 3.63) is 35.4 Å². The first kappa shape index (κ1) is 39.5. The molecule has 0 saturated carbocycles. The molecule has 2 rings (SSSR count). The number of aromatic amines is 2. The number of hydrogen-bond acceptors (Lipinski definition) is 12. The van der Waals surface area contributed by atoms with Gasteiger partial charge in [0.2, 0.25) is 0 Å². The van der Waals surface area contributed by atoms with Crippen molar-refractivity contribution < 1.29 is 53.7 Å². The van der Waals surface area contributed by atoms with Crippen LogP contribution in [0.15, 0.2) is 12.7 Å². The van der Waals surface area contributed by atoms with Crippen LogP contribution in [-0.2, 0) is 19.2 Å². The van der Waals surface area contributed by atoms with E-state index in [1.54, 1.807) is 0 Å². The standard InChI is InChI=1S/C28H40N10O11/c1-12(2)4-14(7-29)36-25(45)21-23(34-11-32-21)26(46)37-15(5-18(40)41)17(39)9-30-8-13(3)35-24(44)20-22(33-10-31-20)27(47)38-16(28(48)49)6-19(42)43/h10-16,30H,4-9,29H2,1-3H3,(H,31,33)(H,32,34)(H,35,44)(H,36,45)(H,37,46)(H,38,47)(H,40,41)(H,42,43)(H,48,49)/t13-,14-,15-,16-/m0/s1. The van der Waals surface area contributed by atoms with Gasteiger partial charge in [-0.25, -0.2) is 14.8 Å². The van der Waals surface area contributed by atoms with Crippen LogP contribution in [0, 0.1) is 5.92 Å². The number of aliphatic carboxylic acids is 3. The van der Waals surface area contributed by atoms with E-state index in [0.717, 1.165) is 12.7 Å². The smallest absolute Gasteiger partial charge is 0.326 e. The Labute approximate surface area is 278 Å². The van der Waals surface area contributed by atoms with E-state index in [0.29, 0.717) is 6.42 Å². The molecule has 2 aromatic heterocycles. The van der Waals surface area contributed by atoms with Gasteiger partial charge in [0.1, 0.15) is 17.4 Å². The van der Waals surface area contributed by atoms with Gasteiger partial charge in [0.05, 0.1) is 38.1 Å². The molecule has 21 nitrogen and oxygen atoms in total. The highest BCUT2D eigenvalue weighted by atomic mass is 16.4. The van der Waals surface area contributed by atoms with E-state index < -0.39 is 96.2 Å². The van der Waals surface area contributed by atoms with Gasteiger partial charge in [-0.2, -0.15) is 0 Å². The first-order valence-electron chi connectivity index (χ1n) is 14.9. The number of aromatic nitrogens is 4. The summed E-state index contributed by atoms with van der Waals surface area (Å²) in [5.74, 6) is -8.58. The fourth-order valence-corrected chi connectivity index (χ4v) is 4.45. The first-order chi connectivity index (χ1) is 23.0. The van der Waals surface area contributed by atoms with Crippen molar-refractivity contribution in [2.24, 2.45) is 11.7 Å². The molecule has 21 heteroatoms. The summed E-state index contributed by atoms with van der Waals surface area (Å²) in [5, 5.41) is 39.6. The Kier molecular flexibility index (Phi) is 15.0. The monoisotopic (exact) mass is 692 g/mol. The zero-order valence-electron chi connectivity index (χ0n) is 26.9. The van der Waals surface area contributed by atoms with Crippen molar-refractivity contribution in [1.29, 1.82) is 0 Å². The molecule has 0 spiro atoms. The highest BCUT2D eigenvalue weighted by Gasteiger charge is 2.30. The van der Waals surface area contributed by atoms with Crippen molar-refractivity contribution in [3.63, 3.8) is 0 Å². The van der Waals surface area contributed by atoms with E-state index in [1.165, 1.54) is 6.92 Å². The van der Waals surface area contributed by atoms with Crippen molar-refractivity contribution in [2.45, 2.75) is 64.2 Å². The van der Waals surface area contributed by atoms with Gasteiger partial charge >= 0.3 is 17.9 Å². The summed E-state index contributed by atoms with van der Waals surface area (Å²) >= 11 is 0. The predicted molar refractivity (Wildman–Crippen MR) is 166 cm³/mol. The van der Waals surface area contributed by atoms with Gasteiger partial charge in [0.25, 0.3) is 23.6 Å². The summed E-state index contributed by atoms with van der Waals surface area (Å²) in [6, 6.07) is -4.38. The number of rotatable bonds is 21. The fraction of sp³-hybridized carbons (Fsp3) is 0.500. The van der Waals surface area contributed by atoms with Crippen LogP contribution in [0.2, 0.25) is 0 Å². The van der Waals surface area contributed by atoms with E-state index in [1.807, 2.05) is 19.2 Å². The Morgan fingerprint density at radius 2 is 1.22 bits per heavy atom. The number of carboxylic acid groups (broad SMARTS) is 3. The third-order valence-corrected chi connectivity index (χ3v) is 6.72. The minimum Gasteiger partial charge on any atom is -0.481 e. The molecule has 0 aliphatic rings. The largest absolute Gasteiger partial charge is 0.481 e. The number of carboxylic acids is 3. The van der Waals surface area contributed by atoms with Gasteiger partial charge in [0, 0.05) is 25.2 Å². The van der Waals surface area contributed by atoms with Crippen LogP contribution < -0.4 is 32.3 Å². The topological polar surface area (TPSA) is 341 Å². The van der Waals surface area contributed by atoms with Crippen LogP contribution >= 0.6 is 0 Å². The number of amides is 4. The predicted octanol–water partition coefficient (Wildman–Crippen LogP) is -2.56. The van der Waals surface area contributed by atoms with Gasteiger partial charge in [-0.3, -0.25) is 33.6 Å². The lowest BCUT2D eigenvalue weighted by molar-refractivity contribution is -0.145. The summed E-state index contributed by atoms with van der Waals surface area (Å²) in [6.45, 7) is 5.06. The Morgan fingerprint density at radius 3 is 1.69 bits per heavy atom. The zero-order valence-corrected chi connectivity index (χ0v) is 26.9. The number of ketones is 1. The van der Waals surface area contributed by atoms with Crippen molar-refractivity contribution in [1.82, 2.24) is 46.5 Å². The Morgan fingerprint density at radius 1 is 0.735 bits per heavy atom.